The molecule has 0 bridgehead atoms. The van der Waals surface area contributed by atoms with Crippen LogP contribution in [-0.2, 0) is 17.8 Å². The lowest BCUT2D eigenvalue weighted by molar-refractivity contribution is -0.123. The van der Waals surface area contributed by atoms with Crippen molar-refractivity contribution < 1.29 is 14.3 Å². The Balaban J connectivity index is 1.30. The minimum Gasteiger partial charge on any atom is -0.484 e. The van der Waals surface area contributed by atoms with Gasteiger partial charge in [0.1, 0.15) is 5.75 Å². The molecule has 0 aliphatic heterocycles. The SMILES string of the molecule is O=C(COc1cccc(C(=O)NCc2ccccc2)c1)N[C@@H]1CCCc2ccccc21. The summed E-state index contributed by atoms with van der Waals surface area (Å²) in [6.07, 6.45) is 3.04. The Labute approximate surface area is 182 Å². The van der Waals surface area contributed by atoms with Crippen molar-refractivity contribution in [2.24, 2.45) is 0 Å². The summed E-state index contributed by atoms with van der Waals surface area (Å²) in [6, 6.07) is 24.9. The maximum Gasteiger partial charge on any atom is 0.258 e. The summed E-state index contributed by atoms with van der Waals surface area (Å²) in [4.78, 5) is 24.9. The zero-order chi connectivity index (χ0) is 21.5. The maximum atomic E-state index is 12.5. The van der Waals surface area contributed by atoms with Gasteiger partial charge in [-0.2, -0.15) is 0 Å². The molecule has 0 aromatic heterocycles. The summed E-state index contributed by atoms with van der Waals surface area (Å²) >= 11 is 0. The predicted molar refractivity (Wildman–Crippen MR) is 120 cm³/mol. The molecule has 0 spiro atoms. The third kappa shape index (κ3) is 5.51. The van der Waals surface area contributed by atoms with E-state index >= 15 is 0 Å². The molecule has 3 aromatic carbocycles. The summed E-state index contributed by atoms with van der Waals surface area (Å²) in [5.74, 6) is 0.143. The molecule has 1 atom stereocenters. The smallest absolute Gasteiger partial charge is 0.258 e. The Morgan fingerprint density at radius 2 is 1.74 bits per heavy atom. The number of hydrogen-bond acceptors (Lipinski definition) is 3. The molecule has 0 radical (unpaired) electrons. The third-order valence-electron chi connectivity index (χ3n) is 5.47. The number of rotatable bonds is 7. The average molecular weight is 415 g/mol. The lowest BCUT2D eigenvalue weighted by Gasteiger charge is -2.26. The first-order valence-corrected chi connectivity index (χ1v) is 10.6. The van der Waals surface area contributed by atoms with Gasteiger partial charge in [0.15, 0.2) is 6.61 Å². The number of ether oxygens (including phenoxy) is 1. The first-order valence-electron chi connectivity index (χ1n) is 10.6. The van der Waals surface area contributed by atoms with Crippen molar-refractivity contribution in [3.05, 3.63) is 101 Å². The van der Waals surface area contributed by atoms with Crippen LogP contribution >= 0.6 is 0 Å². The highest BCUT2D eigenvalue weighted by molar-refractivity contribution is 5.94. The molecule has 1 aliphatic rings. The van der Waals surface area contributed by atoms with Gasteiger partial charge in [0.25, 0.3) is 11.8 Å². The summed E-state index contributed by atoms with van der Waals surface area (Å²) < 4.78 is 5.66. The van der Waals surface area contributed by atoms with Crippen LogP contribution in [0.5, 0.6) is 5.75 Å². The fourth-order valence-electron chi connectivity index (χ4n) is 3.90. The average Bonchev–Trinajstić information content (AvgIpc) is 2.82. The first kappa shape index (κ1) is 20.7. The van der Waals surface area contributed by atoms with E-state index in [2.05, 4.69) is 22.8 Å². The van der Waals surface area contributed by atoms with Crippen molar-refractivity contribution in [3.8, 4) is 5.75 Å². The second kappa shape index (κ2) is 9.94. The van der Waals surface area contributed by atoms with E-state index in [4.69, 9.17) is 4.74 Å². The van der Waals surface area contributed by atoms with E-state index < -0.39 is 0 Å². The Morgan fingerprint density at radius 1 is 0.935 bits per heavy atom. The van der Waals surface area contributed by atoms with Gasteiger partial charge in [0, 0.05) is 12.1 Å². The van der Waals surface area contributed by atoms with Crippen molar-refractivity contribution in [1.29, 1.82) is 0 Å². The van der Waals surface area contributed by atoms with Gasteiger partial charge in [-0.15, -0.1) is 0 Å². The van der Waals surface area contributed by atoms with E-state index in [1.807, 2.05) is 42.5 Å². The zero-order valence-corrected chi connectivity index (χ0v) is 17.3. The Kier molecular flexibility index (Phi) is 6.62. The molecule has 1 aliphatic carbocycles. The number of nitrogens with one attached hydrogen (secondary N) is 2. The number of carbonyl (C=O) groups excluding carboxylic acids is 2. The van der Waals surface area contributed by atoms with Crippen LogP contribution in [0.3, 0.4) is 0 Å². The molecule has 158 valence electrons. The summed E-state index contributed by atoms with van der Waals surface area (Å²) in [6.45, 7) is 0.365. The van der Waals surface area contributed by atoms with Gasteiger partial charge in [-0.05, 0) is 54.2 Å². The fraction of sp³-hybridized carbons (Fsp3) is 0.231. The van der Waals surface area contributed by atoms with Crippen LogP contribution in [0.1, 0.15) is 45.9 Å². The maximum absolute atomic E-state index is 12.5. The largest absolute Gasteiger partial charge is 0.484 e. The third-order valence-corrected chi connectivity index (χ3v) is 5.47. The second-order valence-corrected chi connectivity index (χ2v) is 7.70. The number of amides is 2. The molecule has 0 saturated heterocycles. The number of aryl methyl sites for hydroxylation is 1. The van der Waals surface area contributed by atoms with E-state index in [1.54, 1.807) is 24.3 Å². The Bertz CT molecular complexity index is 1050. The van der Waals surface area contributed by atoms with Gasteiger partial charge in [-0.25, -0.2) is 0 Å². The molecule has 5 nitrogen and oxygen atoms in total. The Hall–Kier alpha value is -3.60. The lowest BCUT2D eigenvalue weighted by atomic mass is 9.88. The van der Waals surface area contributed by atoms with Crippen LogP contribution in [0, 0.1) is 0 Å². The summed E-state index contributed by atoms with van der Waals surface area (Å²) in [5, 5.41) is 5.98. The Morgan fingerprint density at radius 3 is 2.61 bits per heavy atom. The predicted octanol–water partition coefficient (Wildman–Crippen LogP) is 4.19. The molecule has 3 aromatic rings. The second-order valence-electron chi connectivity index (χ2n) is 7.70. The number of benzene rings is 3. The van der Waals surface area contributed by atoms with Gasteiger partial charge < -0.3 is 15.4 Å². The summed E-state index contributed by atoms with van der Waals surface area (Å²) in [5.41, 5.74) is 4.02. The van der Waals surface area contributed by atoms with Crippen LogP contribution in [0.25, 0.3) is 0 Å². The quantitative estimate of drug-likeness (QED) is 0.609. The van der Waals surface area contributed by atoms with Crippen molar-refractivity contribution in [3.63, 3.8) is 0 Å². The van der Waals surface area contributed by atoms with E-state index in [9.17, 15) is 9.59 Å². The highest BCUT2D eigenvalue weighted by Gasteiger charge is 2.21. The van der Waals surface area contributed by atoms with Gasteiger partial charge >= 0.3 is 0 Å². The van der Waals surface area contributed by atoms with E-state index in [-0.39, 0.29) is 24.5 Å². The van der Waals surface area contributed by atoms with E-state index in [0.717, 1.165) is 24.8 Å². The molecule has 0 saturated carbocycles. The van der Waals surface area contributed by atoms with Crippen molar-refractivity contribution in [2.45, 2.75) is 31.8 Å². The molecule has 31 heavy (non-hydrogen) atoms. The van der Waals surface area contributed by atoms with Crippen molar-refractivity contribution >= 4 is 11.8 Å². The van der Waals surface area contributed by atoms with Crippen LogP contribution in [0.4, 0.5) is 0 Å². The van der Waals surface area contributed by atoms with Crippen molar-refractivity contribution in [2.75, 3.05) is 6.61 Å². The van der Waals surface area contributed by atoms with Crippen LogP contribution in [0.2, 0.25) is 0 Å². The molecular weight excluding hydrogens is 388 g/mol. The van der Waals surface area contributed by atoms with Gasteiger partial charge in [-0.3, -0.25) is 9.59 Å². The van der Waals surface area contributed by atoms with Crippen LogP contribution in [-0.4, -0.2) is 18.4 Å². The van der Waals surface area contributed by atoms with Gasteiger partial charge in [0.2, 0.25) is 0 Å². The molecule has 0 heterocycles. The molecule has 4 rings (SSSR count). The van der Waals surface area contributed by atoms with Crippen LogP contribution in [0.15, 0.2) is 78.9 Å². The van der Waals surface area contributed by atoms with Gasteiger partial charge in [-0.1, -0.05) is 60.7 Å². The van der Waals surface area contributed by atoms with Crippen LogP contribution < -0.4 is 15.4 Å². The number of fused-ring (bicyclic) bond motifs is 1. The monoisotopic (exact) mass is 414 g/mol. The molecular formula is C26H26N2O3. The first-order chi connectivity index (χ1) is 15.2. The lowest BCUT2D eigenvalue weighted by Crippen LogP contribution is -2.34. The van der Waals surface area contributed by atoms with E-state index in [1.165, 1.54) is 11.1 Å². The number of hydrogen-bond donors (Lipinski definition) is 2. The topological polar surface area (TPSA) is 67.4 Å². The molecule has 0 unspecified atom stereocenters. The minimum absolute atomic E-state index is 0.0242. The zero-order valence-electron chi connectivity index (χ0n) is 17.3. The van der Waals surface area contributed by atoms with Gasteiger partial charge in [0.05, 0.1) is 6.04 Å². The van der Waals surface area contributed by atoms with E-state index in [0.29, 0.717) is 17.9 Å². The standard InChI is InChI=1S/C26H26N2O3/c29-25(28-24-15-7-11-20-10-4-5-14-23(20)24)18-31-22-13-6-12-21(16-22)26(30)27-17-19-8-2-1-3-9-19/h1-6,8-10,12-14,16,24H,7,11,15,17-18H2,(H,27,30)(H,28,29)/t24-/m1/s1. The highest BCUT2D eigenvalue weighted by Crippen LogP contribution is 2.29. The minimum atomic E-state index is -0.183. The molecule has 2 N–H and O–H groups in total. The molecule has 0 fully saturated rings. The molecule has 2 amide bonds. The summed E-state index contributed by atoms with van der Waals surface area (Å²) in [7, 11) is 0. The van der Waals surface area contributed by atoms with Crippen molar-refractivity contribution in [1.82, 2.24) is 10.6 Å². The highest BCUT2D eigenvalue weighted by atomic mass is 16.5. The number of carbonyl (C=O) groups is 2. The molecule has 5 heteroatoms. The normalized spacial score (nSPS) is 14.9. The fourth-order valence-corrected chi connectivity index (χ4v) is 3.90.